The van der Waals surface area contributed by atoms with E-state index in [-0.39, 0.29) is 24.5 Å². The minimum absolute atomic E-state index is 0.00543. The Labute approximate surface area is 168 Å². The van der Waals surface area contributed by atoms with E-state index in [0.717, 1.165) is 35.9 Å². The highest BCUT2D eigenvalue weighted by Crippen LogP contribution is 2.27. The predicted octanol–water partition coefficient (Wildman–Crippen LogP) is 3.41. The molecule has 2 unspecified atom stereocenters. The molecule has 1 aromatic rings. The van der Waals surface area contributed by atoms with Crippen LogP contribution in [0, 0.1) is 3.57 Å². The van der Waals surface area contributed by atoms with Crippen LogP contribution in [0.2, 0.25) is 0 Å². The van der Waals surface area contributed by atoms with Crippen molar-refractivity contribution in [3.8, 4) is 0 Å². The average Bonchev–Trinajstić information content (AvgIpc) is 3.13. The number of rotatable bonds is 4. The third kappa shape index (κ3) is 5.56. The van der Waals surface area contributed by atoms with Gasteiger partial charge < -0.3 is 19.1 Å². The quantitative estimate of drug-likeness (QED) is 0.623. The Hall–Kier alpha value is -0.870. The summed E-state index contributed by atoms with van der Waals surface area (Å²) in [5.41, 5.74) is -0.520. The fourth-order valence-corrected chi connectivity index (χ4v) is 3.82. The van der Waals surface area contributed by atoms with Crippen molar-refractivity contribution < 1.29 is 19.0 Å². The lowest BCUT2D eigenvalue weighted by atomic mass is 10.2. The van der Waals surface area contributed by atoms with Crippen molar-refractivity contribution >= 4 is 28.7 Å². The monoisotopic (exact) mass is 477 g/mol. The largest absolute Gasteiger partial charge is 0.444 e. The lowest BCUT2D eigenvalue weighted by Crippen LogP contribution is -2.42. The first kappa shape index (κ1) is 19.9. The Morgan fingerprint density at radius 1 is 1.42 bits per heavy atom. The first-order valence-corrected chi connectivity index (χ1v) is 10.3. The Bertz CT molecular complexity index is 610. The zero-order valence-corrected chi connectivity index (χ0v) is 17.8. The van der Waals surface area contributed by atoms with Crippen LogP contribution >= 0.6 is 22.6 Å². The van der Waals surface area contributed by atoms with Crippen molar-refractivity contribution in [3.05, 3.63) is 16.0 Å². The fourth-order valence-electron chi connectivity index (χ4n) is 3.38. The zero-order chi connectivity index (χ0) is 18.7. The molecule has 1 amide bonds. The normalized spacial score (nSPS) is 26.9. The maximum absolute atomic E-state index is 12.7. The summed E-state index contributed by atoms with van der Waals surface area (Å²) in [6, 6.07) is -0.00543. The molecule has 2 saturated heterocycles. The molecule has 146 valence electrons. The molecule has 3 atom stereocenters. The standard InChI is InChI=1S/C18H28IN3O4/c1-18(2,3)26-17(23)22-12-15(25-16-6-4-5-7-24-16)8-14(22)11-21-10-13(19)9-20-21/h9-10,14-16H,4-8,11-12H2,1-3H3/t14-,15?,16?/m0/s1. The van der Waals surface area contributed by atoms with Crippen LogP contribution in [0.3, 0.4) is 0 Å². The highest BCUT2D eigenvalue weighted by atomic mass is 127. The van der Waals surface area contributed by atoms with Gasteiger partial charge in [-0.05, 0) is 69.0 Å². The van der Waals surface area contributed by atoms with Gasteiger partial charge in [-0.1, -0.05) is 0 Å². The van der Waals surface area contributed by atoms with Gasteiger partial charge in [-0.2, -0.15) is 5.10 Å². The van der Waals surface area contributed by atoms with Gasteiger partial charge in [0.15, 0.2) is 6.29 Å². The molecule has 0 N–H and O–H groups in total. The van der Waals surface area contributed by atoms with Gasteiger partial charge >= 0.3 is 6.09 Å². The van der Waals surface area contributed by atoms with Crippen LogP contribution in [0.1, 0.15) is 46.5 Å². The van der Waals surface area contributed by atoms with E-state index in [0.29, 0.717) is 13.1 Å². The maximum Gasteiger partial charge on any atom is 0.410 e. The molecule has 0 saturated carbocycles. The molecule has 0 aromatic carbocycles. The molecule has 0 spiro atoms. The molecular formula is C18H28IN3O4. The average molecular weight is 477 g/mol. The minimum Gasteiger partial charge on any atom is -0.444 e. The van der Waals surface area contributed by atoms with E-state index < -0.39 is 5.60 Å². The van der Waals surface area contributed by atoms with Crippen LogP contribution < -0.4 is 0 Å². The zero-order valence-electron chi connectivity index (χ0n) is 15.7. The number of ether oxygens (including phenoxy) is 3. The van der Waals surface area contributed by atoms with Crippen molar-refractivity contribution in [2.45, 2.75) is 77.0 Å². The van der Waals surface area contributed by atoms with Gasteiger partial charge in [-0.15, -0.1) is 0 Å². The number of nitrogens with zero attached hydrogens (tertiary/aromatic N) is 3. The second-order valence-electron chi connectivity index (χ2n) is 7.96. The first-order chi connectivity index (χ1) is 12.3. The Kier molecular flexibility index (Phi) is 6.45. The molecule has 3 rings (SSSR count). The van der Waals surface area contributed by atoms with Crippen molar-refractivity contribution in [1.29, 1.82) is 0 Å². The van der Waals surface area contributed by atoms with Gasteiger partial charge in [0, 0.05) is 12.8 Å². The fraction of sp³-hybridized carbons (Fsp3) is 0.778. The van der Waals surface area contributed by atoms with E-state index in [1.165, 1.54) is 0 Å². The summed E-state index contributed by atoms with van der Waals surface area (Å²) in [6.45, 7) is 7.56. The van der Waals surface area contributed by atoms with Crippen LogP contribution in [-0.4, -0.2) is 58.0 Å². The Morgan fingerprint density at radius 2 is 2.23 bits per heavy atom. The van der Waals surface area contributed by atoms with E-state index in [4.69, 9.17) is 14.2 Å². The molecule has 2 aliphatic heterocycles. The maximum atomic E-state index is 12.7. The van der Waals surface area contributed by atoms with Crippen LogP contribution in [0.4, 0.5) is 4.79 Å². The Morgan fingerprint density at radius 3 is 2.85 bits per heavy atom. The van der Waals surface area contributed by atoms with Crippen molar-refractivity contribution in [1.82, 2.24) is 14.7 Å². The number of carbonyl (C=O) groups is 1. The molecule has 0 aliphatic carbocycles. The Balaban J connectivity index is 1.66. The van der Waals surface area contributed by atoms with E-state index >= 15 is 0 Å². The van der Waals surface area contributed by atoms with Crippen molar-refractivity contribution in [2.75, 3.05) is 13.2 Å². The number of hydrogen-bond donors (Lipinski definition) is 0. The summed E-state index contributed by atoms with van der Waals surface area (Å²) < 4.78 is 20.4. The molecule has 2 fully saturated rings. The summed E-state index contributed by atoms with van der Waals surface area (Å²) in [6.07, 6.45) is 7.21. The molecule has 8 heteroatoms. The van der Waals surface area contributed by atoms with Gasteiger partial charge in [-0.3, -0.25) is 4.68 Å². The van der Waals surface area contributed by atoms with Gasteiger partial charge in [0.25, 0.3) is 0 Å². The number of likely N-dealkylation sites (tertiary alicyclic amines) is 1. The molecule has 7 nitrogen and oxygen atoms in total. The van der Waals surface area contributed by atoms with E-state index in [1.807, 2.05) is 37.8 Å². The van der Waals surface area contributed by atoms with Crippen molar-refractivity contribution in [2.24, 2.45) is 0 Å². The molecular weight excluding hydrogens is 449 g/mol. The van der Waals surface area contributed by atoms with Gasteiger partial charge in [0.1, 0.15) is 5.60 Å². The lowest BCUT2D eigenvalue weighted by Gasteiger charge is -2.28. The summed E-state index contributed by atoms with van der Waals surface area (Å²) in [5.74, 6) is 0. The summed E-state index contributed by atoms with van der Waals surface area (Å²) in [7, 11) is 0. The summed E-state index contributed by atoms with van der Waals surface area (Å²) >= 11 is 2.23. The lowest BCUT2D eigenvalue weighted by molar-refractivity contribution is -0.185. The molecule has 3 heterocycles. The summed E-state index contributed by atoms with van der Waals surface area (Å²) in [5, 5.41) is 4.35. The topological polar surface area (TPSA) is 65.8 Å². The predicted molar refractivity (Wildman–Crippen MR) is 105 cm³/mol. The minimum atomic E-state index is -0.520. The number of hydrogen-bond acceptors (Lipinski definition) is 5. The SMILES string of the molecule is CC(C)(C)OC(=O)N1CC(OC2CCCCO2)C[C@H]1Cn1cc(I)cn1. The second kappa shape index (κ2) is 8.43. The molecule has 2 aliphatic rings. The van der Waals surface area contributed by atoms with Crippen LogP contribution in [0.25, 0.3) is 0 Å². The van der Waals surface area contributed by atoms with E-state index in [9.17, 15) is 4.79 Å². The van der Waals surface area contributed by atoms with E-state index in [2.05, 4.69) is 27.7 Å². The molecule has 26 heavy (non-hydrogen) atoms. The number of amides is 1. The third-order valence-corrected chi connectivity index (χ3v) is 5.04. The van der Waals surface area contributed by atoms with E-state index in [1.54, 1.807) is 4.90 Å². The highest BCUT2D eigenvalue weighted by molar-refractivity contribution is 14.1. The van der Waals surface area contributed by atoms with Gasteiger partial charge in [0.2, 0.25) is 0 Å². The number of halogens is 1. The first-order valence-electron chi connectivity index (χ1n) is 9.25. The second-order valence-corrected chi connectivity index (χ2v) is 9.20. The summed E-state index contributed by atoms with van der Waals surface area (Å²) in [4.78, 5) is 14.5. The van der Waals surface area contributed by atoms with Crippen molar-refractivity contribution in [3.63, 3.8) is 0 Å². The smallest absolute Gasteiger partial charge is 0.410 e. The molecule has 1 aromatic heterocycles. The van der Waals surface area contributed by atoms with Gasteiger partial charge in [-0.25, -0.2) is 4.79 Å². The number of aromatic nitrogens is 2. The third-order valence-electron chi connectivity index (χ3n) is 4.49. The number of carbonyl (C=O) groups excluding carboxylic acids is 1. The molecule has 0 bridgehead atoms. The van der Waals surface area contributed by atoms with Gasteiger partial charge in [0.05, 0.1) is 35.0 Å². The highest BCUT2D eigenvalue weighted by Gasteiger charge is 2.39. The van der Waals surface area contributed by atoms with Crippen LogP contribution in [0.5, 0.6) is 0 Å². The molecule has 0 radical (unpaired) electrons. The van der Waals surface area contributed by atoms with Crippen LogP contribution in [0.15, 0.2) is 12.4 Å². The van der Waals surface area contributed by atoms with Crippen LogP contribution in [-0.2, 0) is 20.8 Å².